The molecule has 6 nitrogen and oxygen atoms in total. The number of fused-ring (bicyclic) bond motifs is 1. The predicted octanol–water partition coefficient (Wildman–Crippen LogP) is 1.00. The van der Waals surface area contributed by atoms with Gasteiger partial charge in [-0.3, -0.25) is 10.1 Å². The summed E-state index contributed by atoms with van der Waals surface area (Å²) in [5.41, 5.74) is 1.03. The van der Waals surface area contributed by atoms with Crippen molar-refractivity contribution in [2.75, 3.05) is 13.1 Å². The van der Waals surface area contributed by atoms with Crippen LogP contribution in [0.5, 0.6) is 0 Å². The largest absolute Gasteiger partial charge is 0.335 e. The molecule has 1 aromatic carbocycles. The van der Waals surface area contributed by atoms with Gasteiger partial charge in [-0.25, -0.2) is 9.78 Å². The molecule has 1 saturated carbocycles. The summed E-state index contributed by atoms with van der Waals surface area (Å²) in [5, 5.41) is 6.33. The van der Waals surface area contributed by atoms with E-state index < -0.39 is 0 Å². The zero-order valence-electron chi connectivity index (χ0n) is 13.4. The third kappa shape index (κ3) is 3.42. The van der Waals surface area contributed by atoms with E-state index in [1.165, 1.54) is 9.60 Å². The van der Waals surface area contributed by atoms with Gasteiger partial charge in [-0.2, -0.15) is 0 Å². The first kappa shape index (κ1) is 15.5. The minimum absolute atomic E-state index is 0.212. The molecule has 3 N–H and O–H groups in total. The Bertz CT molecular complexity index is 738. The highest BCUT2D eigenvalue weighted by molar-refractivity contribution is 7.18. The van der Waals surface area contributed by atoms with E-state index in [1.54, 1.807) is 11.3 Å². The number of urea groups is 1. The third-order valence-corrected chi connectivity index (χ3v) is 5.80. The normalized spacial score (nSPS) is 23.3. The summed E-state index contributed by atoms with van der Waals surface area (Å²) in [6.07, 6.45) is 4.14. The van der Waals surface area contributed by atoms with Crippen molar-refractivity contribution in [1.29, 1.82) is 0 Å². The van der Waals surface area contributed by atoms with Crippen molar-refractivity contribution in [3.63, 3.8) is 0 Å². The number of hydrogen-bond donors (Lipinski definition) is 3. The monoisotopic (exact) mass is 345 g/mol. The van der Waals surface area contributed by atoms with Gasteiger partial charge in [-0.05, 0) is 25.0 Å². The Morgan fingerprint density at radius 3 is 2.88 bits per heavy atom. The minimum Gasteiger partial charge on any atom is -0.335 e. The molecule has 24 heavy (non-hydrogen) atoms. The van der Waals surface area contributed by atoms with Gasteiger partial charge in [0.15, 0.2) is 11.6 Å². The van der Waals surface area contributed by atoms with E-state index in [0.717, 1.165) is 42.8 Å². The number of rotatable bonds is 4. The quantitative estimate of drug-likeness (QED) is 0.774. The predicted molar refractivity (Wildman–Crippen MR) is 92.0 cm³/mol. The molecule has 1 aromatic heterocycles. The van der Waals surface area contributed by atoms with Crippen LogP contribution in [0.1, 0.15) is 36.7 Å². The Balaban J connectivity index is 1.40. The number of amides is 3. The summed E-state index contributed by atoms with van der Waals surface area (Å²) in [5.74, 6) is -0.212. The maximum absolute atomic E-state index is 12.2. The number of carbonyl (C=O) groups is 2. The van der Waals surface area contributed by atoms with Gasteiger partial charge in [-0.15, -0.1) is 11.3 Å². The molecule has 1 saturated heterocycles. The first-order valence-corrected chi connectivity index (χ1v) is 9.31. The smallest absolute Gasteiger partial charge is 0.321 e. The molecular formula is C17H21N4O2S+. The molecule has 2 fully saturated rings. The summed E-state index contributed by atoms with van der Waals surface area (Å²) >= 11 is 1.71. The molecule has 1 unspecified atom stereocenters. The highest BCUT2D eigenvalue weighted by atomic mass is 32.1. The summed E-state index contributed by atoms with van der Waals surface area (Å²) in [6.45, 7) is 1.26. The topological polar surface area (TPSA) is 75.5 Å². The van der Waals surface area contributed by atoms with Crippen molar-refractivity contribution >= 4 is 33.5 Å². The molecule has 0 radical (unpaired) electrons. The number of thiazole rings is 1. The Morgan fingerprint density at radius 2 is 2.08 bits per heavy atom. The lowest BCUT2D eigenvalue weighted by atomic mass is 10.2. The molecule has 7 heteroatoms. The molecule has 2 aromatic rings. The van der Waals surface area contributed by atoms with Crippen LogP contribution < -0.4 is 15.5 Å². The van der Waals surface area contributed by atoms with Crippen LogP contribution in [0.2, 0.25) is 0 Å². The number of aromatic nitrogens is 1. The average molecular weight is 345 g/mol. The second-order valence-electron chi connectivity index (χ2n) is 6.60. The summed E-state index contributed by atoms with van der Waals surface area (Å²) in [7, 11) is 0. The average Bonchev–Trinajstić information content (AvgIpc) is 3.09. The fourth-order valence-electron chi connectivity index (χ4n) is 3.29. The fourth-order valence-corrected chi connectivity index (χ4v) is 4.45. The van der Waals surface area contributed by atoms with Crippen molar-refractivity contribution in [1.82, 2.24) is 15.6 Å². The first-order chi connectivity index (χ1) is 11.7. The molecule has 0 spiro atoms. The number of likely N-dealkylation sites (tertiary alicyclic amines) is 1. The van der Waals surface area contributed by atoms with Gasteiger partial charge in [0.1, 0.15) is 6.04 Å². The highest BCUT2D eigenvalue weighted by Gasteiger charge is 2.34. The number of hydrogen-bond acceptors (Lipinski definition) is 4. The Hall–Kier alpha value is -1.99. The van der Waals surface area contributed by atoms with Gasteiger partial charge in [0.2, 0.25) is 0 Å². The number of nitrogens with zero attached hydrogens (tertiary/aromatic N) is 1. The summed E-state index contributed by atoms with van der Waals surface area (Å²) in [6, 6.07) is 8.27. The maximum atomic E-state index is 12.2. The second-order valence-corrected chi connectivity index (χ2v) is 7.66. The Morgan fingerprint density at radius 1 is 1.25 bits per heavy atom. The van der Waals surface area contributed by atoms with E-state index in [-0.39, 0.29) is 24.0 Å². The second kappa shape index (κ2) is 6.49. The molecule has 1 aliphatic carbocycles. The van der Waals surface area contributed by atoms with E-state index in [0.29, 0.717) is 6.54 Å². The number of nitrogens with one attached hydrogen (secondary N) is 3. The SMILES string of the molecule is O=C(C[NH+]1CCC[C@@H]1c1nc2ccccc2s1)NC(=O)NC1CC1. The lowest BCUT2D eigenvalue weighted by molar-refractivity contribution is -0.910. The Kier molecular flexibility index (Phi) is 4.20. The van der Waals surface area contributed by atoms with Crippen LogP contribution in [0, 0.1) is 0 Å². The van der Waals surface area contributed by atoms with Gasteiger partial charge in [-0.1, -0.05) is 12.1 Å². The minimum atomic E-state index is -0.363. The van der Waals surface area contributed by atoms with E-state index in [2.05, 4.69) is 16.7 Å². The van der Waals surface area contributed by atoms with Crippen molar-refractivity contribution in [3.8, 4) is 0 Å². The van der Waals surface area contributed by atoms with Crippen LogP contribution in [-0.4, -0.2) is 36.1 Å². The number of carbonyl (C=O) groups excluding carboxylic acids is 2. The van der Waals surface area contributed by atoms with Gasteiger partial charge in [0, 0.05) is 18.9 Å². The molecule has 3 amide bonds. The third-order valence-electron chi connectivity index (χ3n) is 4.65. The van der Waals surface area contributed by atoms with Crippen LogP contribution in [0.4, 0.5) is 4.79 Å². The van der Waals surface area contributed by atoms with Crippen molar-refractivity contribution < 1.29 is 14.5 Å². The lowest BCUT2D eigenvalue weighted by Crippen LogP contribution is -3.11. The van der Waals surface area contributed by atoms with Gasteiger partial charge in [0.05, 0.1) is 16.8 Å². The lowest BCUT2D eigenvalue weighted by Gasteiger charge is -2.19. The van der Waals surface area contributed by atoms with Gasteiger partial charge in [0.25, 0.3) is 5.91 Å². The molecule has 2 aliphatic rings. The standard InChI is InChI=1S/C17H20N4O2S/c22-15(20-17(23)18-11-7-8-11)10-21-9-3-5-13(21)16-19-12-4-1-2-6-14(12)24-16/h1-2,4,6,11,13H,3,5,7-10H2,(H2,18,20,22,23)/p+1/t13-/m1/s1. The molecular weight excluding hydrogens is 324 g/mol. The molecule has 2 atom stereocenters. The first-order valence-electron chi connectivity index (χ1n) is 8.49. The van der Waals surface area contributed by atoms with Crippen molar-refractivity contribution in [2.24, 2.45) is 0 Å². The molecule has 126 valence electrons. The van der Waals surface area contributed by atoms with Crippen LogP contribution in [0.15, 0.2) is 24.3 Å². The number of imide groups is 1. The van der Waals surface area contributed by atoms with Gasteiger partial charge >= 0.3 is 6.03 Å². The fraction of sp³-hybridized carbons (Fsp3) is 0.471. The van der Waals surface area contributed by atoms with Gasteiger partial charge < -0.3 is 10.2 Å². The highest BCUT2D eigenvalue weighted by Crippen LogP contribution is 2.28. The molecule has 1 aliphatic heterocycles. The van der Waals surface area contributed by atoms with E-state index >= 15 is 0 Å². The van der Waals surface area contributed by atoms with Crippen molar-refractivity contribution in [2.45, 2.75) is 37.8 Å². The van der Waals surface area contributed by atoms with E-state index in [9.17, 15) is 9.59 Å². The number of quaternary nitrogens is 1. The van der Waals surface area contributed by atoms with E-state index in [4.69, 9.17) is 4.98 Å². The molecule has 0 bridgehead atoms. The maximum Gasteiger partial charge on any atom is 0.321 e. The van der Waals surface area contributed by atoms with Crippen LogP contribution in [0.3, 0.4) is 0 Å². The van der Waals surface area contributed by atoms with Crippen molar-refractivity contribution in [3.05, 3.63) is 29.3 Å². The number of benzene rings is 1. The zero-order valence-corrected chi connectivity index (χ0v) is 14.2. The molecule has 4 rings (SSSR count). The molecule has 2 heterocycles. The zero-order chi connectivity index (χ0) is 16.5. The number of para-hydroxylation sites is 1. The Labute approximate surface area is 144 Å². The van der Waals surface area contributed by atoms with E-state index in [1.807, 2.05) is 18.2 Å². The summed E-state index contributed by atoms with van der Waals surface area (Å²) in [4.78, 5) is 29.8. The summed E-state index contributed by atoms with van der Waals surface area (Å²) < 4.78 is 1.19. The van der Waals surface area contributed by atoms with Crippen LogP contribution >= 0.6 is 11.3 Å². The van der Waals surface area contributed by atoms with Crippen LogP contribution in [0.25, 0.3) is 10.2 Å². The van der Waals surface area contributed by atoms with Crippen LogP contribution in [-0.2, 0) is 4.79 Å².